The molecule has 0 aliphatic carbocycles. The van der Waals surface area contributed by atoms with Gasteiger partial charge in [-0.2, -0.15) is 0 Å². The van der Waals surface area contributed by atoms with E-state index in [-0.39, 0.29) is 11.1 Å². The lowest BCUT2D eigenvalue weighted by Gasteiger charge is -2.26. The highest BCUT2D eigenvalue weighted by Gasteiger charge is 2.41. The molecule has 0 bridgehead atoms. The smallest absolute Gasteiger partial charge is 0.0158 e. The second kappa shape index (κ2) is 1.97. The van der Waals surface area contributed by atoms with Gasteiger partial charge in [0.25, 0.3) is 0 Å². The van der Waals surface area contributed by atoms with Gasteiger partial charge in [-0.05, 0) is 47.0 Å². The summed E-state index contributed by atoms with van der Waals surface area (Å²) in [7, 11) is 0. The van der Waals surface area contributed by atoms with Gasteiger partial charge in [0.05, 0.1) is 0 Å². The normalized spacial score (nSPS) is 36.3. The molecule has 0 saturated carbocycles. The first-order valence-electron chi connectivity index (χ1n) is 3.96. The summed E-state index contributed by atoms with van der Waals surface area (Å²) < 4.78 is 0. The molecule has 1 saturated heterocycles. The first-order chi connectivity index (χ1) is 4.33. The van der Waals surface area contributed by atoms with E-state index in [0.717, 1.165) is 0 Å². The maximum Gasteiger partial charge on any atom is 0.0158 e. The third kappa shape index (κ3) is 1.34. The summed E-state index contributed by atoms with van der Waals surface area (Å²) in [4.78, 5) is 0. The predicted octanol–water partition coefficient (Wildman–Crippen LogP) is 1.99. The first-order valence-corrected chi connectivity index (χ1v) is 3.96. The molecule has 1 nitrogen and oxygen atoms in total. The Morgan fingerprint density at radius 1 is 1.30 bits per heavy atom. The quantitative estimate of drug-likeness (QED) is 0.542. The van der Waals surface area contributed by atoms with E-state index in [1.54, 1.807) is 0 Å². The number of nitrogens with one attached hydrogen (secondary N) is 1. The molecule has 1 heteroatoms. The lowest BCUT2D eigenvalue weighted by Crippen LogP contribution is -2.44. The topological polar surface area (TPSA) is 12.0 Å². The van der Waals surface area contributed by atoms with E-state index in [4.69, 9.17) is 0 Å². The lowest BCUT2D eigenvalue weighted by molar-refractivity contribution is 0.349. The van der Waals surface area contributed by atoms with Crippen molar-refractivity contribution < 1.29 is 0 Å². The SMILES string of the molecule is [CH2]C1CC(C)(C)NC1(C)C. The van der Waals surface area contributed by atoms with E-state index >= 15 is 0 Å². The van der Waals surface area contributed by atoms with Crippen molar-refractivity contribution in [3.05, 3.63) is 6.92 Å². The van der Waals surface area contributed by atoms with Crippen molar-refractivity contribution in [1.82, 2.24) is 5.32 Å². The molecule has 10 heavy (non-hydrogen) atoms. The van der Waals surface area contributed by atoms with Gasteiger partial charge in [-0.25, -0.2) is 0 Å². The van der Waals surface area contributed by atoms with Crippen LogP contribution in [0.15, 0.2) is 0 Å². The van der Waals surface area contributed by atoms with Crippen molar-refractivity contribution in [2.24, 2.45) is 5.92 Å². The van der Waals surface area contributed by atoms with Crippen LogP contribution in [0.3, 0.4) is 0 Å². The van der Waals surface area contributed by atoms with Gasteiger partial charge in [0.2, 0.25) is 0 Å². The molecule has 1 atom stereocenters. The van der Waals surface area contributed by atoms with Crippen LogP contribution >= 0.6 is 0 Å². The Labute approximate surface area is 64.2 Å². The van der Waals surface area contributed by atoms with Crippen LogP contribution in [0.1, 0.15) is 34.1 Å². The monoisotopic (exact) mass is 140 g/mol. The summed E-state index contributed by atoms with van der Waals surface area (Å²) in [6.07, 6.45) is 1.18. The molecule has 1 radical (unpaired) electrons. The minimum absolute atomic E-state index is 0.226. The summed E-state index contributed by atoms with van der Waals surface area (Å²) in [5.74, 6) is 0.544. The number of hydrogen-bond acceptors (Lipinski definition) is 1. The van der Waals surface area contributed by atoms with Crippen molar-refractivity contribution in [2.45, 2.75) is 45.2 Å². The van der Waals surface area contributed by atoms with Crippen LogP contribution < -0.4 is 5.32 Å². The largest absolute Gasteiger partial charge is 0.307 e. The Hall–Kier alpha value is -0.0400. The molecule has 1 heterocycles. The van der Waals surface area contributed by atoms with Crippen molar-refractivity contribution in [2.75, 3.05) is 0 Å². The second-order valence-corrected chi connectivity index (χ2v) is 4.63. The van der Waals surface area contributed by atoms with Crippen LogP contribution in [0.4, 0.5) is 0 Å². The molecule has 0 aromatic rings. The standard InChI is InChI=1S/C9H18N/c1-7-6-8(2,3)10-9(7,4)5/h7,10H,1,6H2,2-5H3. The molecule has 1 N–H and O–H groups in total. The van der Waals surface area contributed by atoms with Crippen molar-refractivity contribution in [3.8, 4) is 0 Å². The molecule has 59 valence electrons. The van der Waals surface area contributed by atoms with E-state index in [1.807, 2.05) is 0 Å². The zero-order valence-electron chi connectivity index (χ0n) is 7.49. The van der Waals surface area contributed by atoms with Gasteiger partial charge in [-0.15, -0.1) is 0 Å². The third-order valence-corrected chi connectivity index (χ3v) is 2.44. The highest BCUT2D eigenvalue weighted by molar-refractivity contribution is 5.03. The molecule has 0 aromatic carbocycles. The maximum atomic E-state index is 4.12. The van der Waals surface area contributed by atoms with Gasteiger partial charge in [-0.1, -0.05) is 0 Å². The van der Waals surface area contributed by atoms with Crippen LogP contribution in [-0.2, 0) is 0 Å². The summed E-state index contributed by atoms with van der Waals surface area (Å²) in [5.41, 5.74) is 0.513. The molecule has 0 aromatic heterocycles. The summed E-state index contributed by atoms with van der Waals surface area (Å²) in [6.45, 7) is 13.0. The molecule has 0 spiro atoms. The fraction of sp³-hybridized carbons (Fsp3) is 0.889. The molecule has 0 amide bonds. The first kappa shape index (κ1) is 8.06. The van der Waals surface area contributed by atoms with E-state index < -0.39 is 0 Å². The molecule has 1 unspecified atom stereocenters. The fourth-order valence-corrected chi connectivity index (χ4v) is 1.90. The Morgan fingerprint density at radius 2 is 1.80 bits per heavy atom. The minimum Gasteiger partial charge on any atom is -0.307 e. The van der Waals surface area contributed by atoms with Crippen LogP contribution in [0.5, 0.6) is 0 Å². The van der Waals surface area contributed by atoms with Gasteiger partial charge < -0.3 is 5.32 Å². The molecular formula is C9H18N. The minimum atomic E-state index is 0.226. The van der Waals surface area contributed by atoms with Gasteiger partial charge in [0.15, 0.2) is 0 Å². The average molecular weight is 140 g/mol. The van der Waals surface area contributed by atoms with E-state index in [1.165, 1.54) is 6.42 Å². The highest BCUT2D eigenvalue weighted by Crippen LogP contribution is 2.34. The van der Waals surface area contributed by atoms with Crippen LogP contribution in [0.25, 0.3) is 0 Å². The molecule has 1 aliphatic heterocycles. The van der Waals surface area contributed by atoms with Crippen LogP contribution in [0, 0.1) is 12.8 Å². The highest BCUT2D eigenvalue weighted by atomic mass is 15.1. The zero-order chi connectivity index (χ0) is 7.99. The van der Waals surface area contributed by atoms with E-state index in [2.05, 4.69) is 39.9 Å². The maximum absolute atomic E-state index is 4.12. The van der Waals surface area contributed by atoms with Crippen LogP contribution in [0.2, 0.25) is 0 Å². The lowest BCUT2D eigenvalue weighted by atomic mass is 9.89. The fourth-order valence-electron chi connectivity index (χ4n) is 1.90. The van der Waals surface area contributed by atoms with Crippen molar-refractivity contribution in [3.63, 3.8) is 0 Å². The van der Waals surface area contributed by atoms with Gasteiger partial charge in [-0.3, -0.25) is 0 Å². The molecule has 1 rings (SSSR count). The van der Waals surface area contributed by atoms with Gasteiger partial charge in [0, 0.05) is 11.1 Å². The van der Waals surface area contributed by atoms with Gasteiger partial charge in [0.1, 0.15) is 0 Å². The van der Waals surface area contributed by atoms with Crippen LogP contribution in [-0.4, -0.2) is 11.1 Å². The Morgan fingerprint density at radius 3 is 1.90 bits per heavy atom. The number of hydrogen-bond donors (Lipinski definition) is 1. The molecule has 1 aliphatic rings. The van der Waals surface area contributed by atoms with Gasteiger partial charge >= 0.3 is 0 Å². The zero-order valence-corrected chi connectivity index (χ0v) is 7.49. The Balaban J connectivity index is 2.71. The third-order valence-electron chi connectivity index (χ3n) is 2.44. The van der Waals surface area contributed by atoms with E-state index in [0.29, 0.717) is 5.92 Å². The van der Waals surface area contributed by atoms with Crippen molar-refractivity contribution in [1.29, 1.82) is 0 Å². The number of rotatable bonds is 0. The van der Waals surface area contributed by atoms with E-state index in [9.17, 15) is 0 Å². The molecule has 1 fully saturated rings. The summed E-state index contributed by atoms with van der Waals surface area (Å²) in [6, 6.07) is 0. The average Bonchev–Trinajstić information content (AvgIpc) is 1.73. The second-order valence-electron chi connectivity index (χ2n) is 4.63. The van der Waals surface area contributed by atoms with Crippen molar-refractivity contribution >= 4 is 0 Å². The summed E-state index contributed by atoms with van der Waals surface area (Å²) in [5, 5.41) is 3.56. The summed E-state index contributed by atoms with van der Waals surface area (Å²) >= 11 is 0. The predicted molar refractivity (Wildman–Crippen MR) is 44.8 cm³/mol. The Bertz CT molecular complexity index is 136. The Kier molecular flexibility index (Phi) is 1.59. The molecular weight excluding hydrogens is 122 g/mol.